The van der Waals surface area contributed by atoms with Gasteiger partial charge in [-0.2, -0.15) is 0 Å². The monoisotopic (exact) mass is 543 g/mol. The molecular formula is C24H42IN5O. The van der Waals surface area contributed by atoms with E-state index in [1.54, 1.807) is 7.11 Å². The Kier molecular flexibility index (Phi) is 11.6. The predicted molar refractivity (Wildman–Crippen MR) is 140 cm³/mol. The smallest absolute Gasteiger partial charge is 0.191 e. The minimum atomic E-state index is 0. The number of hydrogen-bond donors (Lipinski definition) is 3. The lowest BCUT2D eigenvalue weighted by atomic mass is 9.94. The molecule has 3 rings (SSSR count). The molecule has 1 saturated heterocycles. The Morgan fingerprint density at radius 3 is 2.48 bits per heavy atom. The fourth-order valence-electron chi connectivity index (χ4n) is 4.87. The number of ether oxygens (including phenoxy) is 1. The number of hydrogen-bond acceptors (Lipinski definition) is 4. The zero-order valence-electron chi connectivity index (χ0n) is 19.5. The minimum absolute atomic E-state index is 0. The molecule has 1 unspecified atom stereocenters. The van der Waals surface area contributed by atoms with Gasteiger partial charge in [0.05, 0.1) is 6.61 Å². The van der Waals surface area contributed by atoms with Gasteiger partial charge in [-0.15, -0.1) is 24.0 Å². The number of rotatable bonds is 9. The Hall–Kier alpha value is -0.900. The summed E-state index contributed by atoms with van der Waals surface area (Å²) in [5, 5.41) is 11.3. The average molecular weight is 544 g/mol. The van der Waals surface area contributed by atoms with Crippen molar-refractivity contribution in [1.29, 1.82) is 0 Å². The van der Waals surface area contributed by atoms with Crippen molar-refractivity contribution < 1.29 is 4.74 Å². The number of benzene rings is 1. The largest absolute Gasteiger partial charge is 0.383 e. The standard InChI is InChI=1S/C24H41N5O.HI/c1-20(21-9-5-4-6-10-21)28-24(13-7-8-14-24)19-26-23(25-2)27-22-11-15-29(16-12-22)17-18-30-3;/h4-6,9-10,20,22,28H,7-8,11-19H2,1-3H3,(H2,25,26,27);1H. The molecule has 2 aliphatic rings. The van der Waals surface area contributed by atoms with Crippen molar-refractivity contribution in [3.05, 3.63) is 35.9 Å². The Labute approximate surface area is 206 Å². The van der Waals surface area contributed by atoms with E-state index in [2.05, 4.69) is 63.1 Å². The number of aliphatic imine (C=N–C) groups is 1. The lowest BCUT2D eigenvalue weighted by Crippen LogP contribution is -2.56. The van der Waals surface area contributed by atoms with E-state index in [0.717, 1.165) is 51.6 Å². The van der Waals surface area contributed by atoms with E-state index < -0.39 is 0 Å². The van der Waals surface area contributed by atoms with E-state index in [9.17, 15) is 0 Å². The van der Waals surface area contributed by atoms with Crippen LogP contribution >= 0.6 is 24.0 Å². The number of nitrogens with one attached hydrogen (secondary N) is 3. The molecule has 31 heavy (non-hydrogen) atoms. The molecule has 176 valence electrons. The third kappa shape index (κ3) is 8.18. The SMILES string of the molecule is CN=C(NCC1(NC(C)c2ccccc2)CCCC1)NC1CCN(CCOC)CC1.I. The van der Waals surface area contributed by atoms with Crippen LogP contribution < -0.4 is 16.0 Å². The van der Waals surface area contributed by atoms with E-state index in [1.165, 1.54) is 31.2 Å². The molecule has 0 radical (unpaired) electrons. The predicted octanol–water partition coefficient (Wildman–Crippen LogP) is 3.54. The maximum atomic E-state index is 5.21. The summed E-state index contributed by atoms with van der Waals surface area (Å²) in [5.74, 6) is 0.936. The first kappa shape index (κ1) is 26.4. The van der Waals surface area contributed by atoms with Crippen LogP contribution in [0.25, 0.3) is 0 Å². The second-order valence-corrected chi connectivity index (χ2v) is 8.94. The molecule has 1 aliphatic heterocycles. The van der Waals surface area contributed by atoms with E-state index in [1.807, 2.05) is 7.05 Å². The highest BCUT2D eigenvalue weighted by atomic mass is 127. The van der Waals surface area contributed by atoms with Crippen molar-refractivity contribution >= 4 is 29.9 Å². The lowest BCUT2D eigenvalue weighted by Gasteiger charge is -2.36. The average Bonchev–Trinajstić information content (AvgIpc) is 3.25. The first-order valence-electron chi connectivity index (χ1n) is 11.7. The summed E-state index contributed by atoms with van der Waals surface area (Å²) in [6.07, 6.45) is 7.32. The van der Waals surface area contributed by atoms with Crippen LogP contribution in [0.4, 0.5) is 0 Å². The third-order valence-corrected chi connectivity index (χ3v) is 6.74. The maximum Gasteiger partial charge on any atom is 0.191 e. The van der Waals surface area contributed by atoms with Gasteiger partial charge >= 0.3 is 0 Å². The Morgan fingerprint density at radius 1 is 1.19 bits per heavy atom. The molecular weight excluding hydrogens is 501 g/mol. The van der Waals surface area contributed by atoms with E-state index in [-0.39, 0.29) is 29.5 Å². The normalized spacial score (nSPS) is 20.8. The van der Waals surface area contributed by atoms with Crippen LogP contribution in [-0.2, 0) is 4.74 Å². The number of likely N-dealkylation sites (tertiary alicyclic amines) is 1. The van der Waals surface area contributed by atoms with Crippen molar-refractivity contribution in [1.82, 2.24) is 20.9 Å². The van der Waals surface area contributed by atoms with Crippen LogP contribution in [0.2, 0.25) is 0 Å². The van der Waals surface area contributed by atoms with Crippen LogP contribution in [0.5, 0.6) is 0 Å². The summed E-state index contributed by atoms with van der Waals surface area (Å²) < 4.78 is 5.21. The molecule has 0 bridgehead atoms. The molecule has 2 fully saturated rings. The van der Waals surface area contributed by atoms with Gasteiger partial charge in [-0.25, -0.2) is 0 Å². The van der Waals surface area contributed by atoms with Gasteiger partial charge < -0.3 is 25.6 Å². The second kappa shape index (κ2) is 13.6. The van der Waals surface area contributed by atoms with Crippen LogP contribution in [0.15, 0.2) is 35.3 Å². The van der Waals surface area contributed by atoms with E-state index in [4.69, 9.17) is 4.74 Å². The van der Waals surface area contributed by atoms with Crippen molar-refractivity contribution in [2.75, 3.05) is 46.9 Å². The van der Waals surface area contributed by atoms with Crippen LogP contribution in [0.1, 0.15) is 57.1 Å². The molecule has 0 spiro atoms. The number of halogens is 1. The number of methoxy groups -OCH3 is 1. The molecule has 1 atom stereocenters. The number of guanidine groups is 1. The molecule has 6 nitrogen and oxygen atoms in total. The first-order valence-corrected chi connectivity index (χ1v) is 11.7. The van der Waals surface area contributed by atoms with Crippen LogP contribution in [0, 0.1) is 0 Å². The molecule has 0 aromatic heterocycles. The summed E-state index contributed by atoms with van der Waals surface area (Å²) in [6, 6.07) is 11.6. The Balaban J connectivity index is 0.00000341. The van der Waals surface area contributed by atoms with Gasteiger partial charge in [0.1, 0.15) is 0 Å². The molecule has 0 amide bonds. The molecule has 1 aromatic carbocycles. The minimum Gasteiger partial charge on any atom is -0.383 e. The second-order valence-electron chi connectivity index (χ2n) is 8.94. The first-order chi connectivity index (χ1) is 14.6. The van der Waals surface area contributed by atoms with Crippen LogP contribution in [-0.4, -0.2) is 69.4 Å². The summed E-state index contributed by atoms with van der Waals surface area (Å²) >= 11 is 0. The molecule has 1 heterocycles. The van der Waals surface area contributed by atoms with Crippen molar-refractivity contribution in [3.63, 3.8) is 0 Å². The molecule has 1 aliphatic carbocycles. The van der Waals surface area contributed by atoms with E-state index in [0.29, 0.717) is 12.1 Å². The van der Waals surface area contributed by atoms with Crippen molar-refractivity contribution in [3.8, 4) is 0 Å². The fourth-order valence-corrected chi connectivity index (χ4v) is 4.87. The summed E-state index contributed by atoms with van der Waals surface area (Å²) in [6.45, 7) is 7.29. The van der Waals surface area contributed by atoms with Gasteiger partial charge in [0.2, 0.25) is 0 Å². The van der Waals surface area contributed by atoms with Gasteiger partial charge in [0, 0.05) is 58.0 Å². The number of piperidine rings is 1. The van der Waals surface area contributed by atoms with Gasteiger partial charge in [0.25, 0.3) is 0 Å². The fraction of sp³-hybridized carbons (Fsp3) is 0.708. The zero-order valence-corrected chi connectivity index (χ0v) is 21.9. The Bertz CT molecular complexity index is 643. The topological polar surface area (TPSA) is 60.9 Å². The molecule has 1 saturated carbocycles. The van der Waals surface area contributed by atoms with Gasteiger partial charge in [-0.05, 0) is 38.2 Å². The summed E-state index contributed by atoms with van der Waals surface area (Å²) in [4.78, 5) is 7.00. The maximum absolute atomic E-state index is 5.21. The van der Waals surface area contributed by atoms with Gasteiger partial charge in [-0.3, -0.25) is 4.99 Å². The zero-order chi connectivity index (χ0) is 21.2. The Morgan fingerprint density at radius 2 is 1.87 bits per heavy atom. The third-order valence-electron chi connectivity index (χ3n) is 6.74. The van der Waals surface area contributed by atoms with Crippen LogP contribution in [0.3, 0.4) is 0 Å². The summed E-state index contributed by atoms with van der Waals surface area (Å²) in [7, 11) is 3.65. The van der Waals surface area contributed by atoms with E-state index >= 15 is 0 Å². The van der Waals surface area contributed by atoms with Crippen molar-refractivity contribution in [2.45, 2.75) is 63.1 Å². The highest BCUT2D eigenvalue weighted by Crippen LogP contribution is 2.31. The lowest BCUT2D eigenvalue weighted by molar-refractivity contribution is 0.128. The molecule has 1 aromatic rings. The van der Waals surface area contributed by atoms with Gasteiger partial charge in [-0.1, -0.05) is 43.2 Å². The molecule has 3 N–H and O–H groups in total. The molecule has 7 heteroatoms. The number of nitrogens with zero attached hydrogens (tertiary/aromatic N) is 2. The van der Waals surface area contributed by atoms with Crippen molar-refractivity contribution in [2.24, 2.45) is 4.99 Å². The summed E-state index contributed by atoms with van der Waals surface area (Å²) in [5.41, 5.74) is 1.49. The quantitative estimate of drug-likeness (QED) is 0.253. The highest BCUT2D eigenvalue weighted by Gasteiger charge is 2.35. The van der Waals surface area contributed by atoms with Gasteiger partial charge in [0.15, 0.2) is 5.96 Å². The highest BCUT2D eigenvalue weighted by molar-refractivity contribution is 14.0.